The van der Waals surface area contributed by atoms with E-state index in [0.717, 1.165) is 52.9 Å². The number of thiazole rings is 1. The highest BCUT2D eigenvalue weighted by Gasteiger charge is 2.63. The monoisotopic (exact) mass is 885 g/mol. The Bertz CT molecular complexity index is 2530. The van der Waals surface area contributed by atoms with Gasteiger partial charge in [-0.1, -0.05) is 44.9 Å². The van der Waals surface area contributed by atoms with E-state index in [9.17, 15) is 22.4 Å². The largest absolute Gasteiger partial charge is 0.496 e. The van der Waals surface area contributed by atoms with Crippen molar-refractivity contribution in [3.05, 3.63) is 82.1 Å². The zero-order chi connectivity index (χ0) is 44.1. The smallest absolute Gasteiger partial charge is 0.259 e. The van der Waals surface area contributed by atoms with E-state index in [-0.39, 0.29) is 43.4 Å². The Labute approximate surface area is 367 Å². The number of methoxy groups -OCH3 is 1. The standard InChI is InChI=1S/C47H56FN5O7S2/c1-27(2)37-26-61-43(50-37)36-23-40(35-14-15-39(59-6)29(4)41(35)49-36)60-34-22-38-42(54)51-47(45(56)52-62(57,58)46(5)16-17-46)24-32(47)13-11-9-7-8-10-12-31(44(55)53(38)25-34)20-30-18-28(3)19-33(48)21-30/h11,13-15,18-19,21,23,26-27,31-32,34,38H,7-10,12,16-17,20,22,24-25H2,1-6H3,(H,51,54)(H,52,56)/b13-11-/t31-,32-,34-,38+,47-/m1/s1. The first-order valence-corrected chi connectivity index (χ1v) is 24.1. The van der Waals surface area contributed by atoms with E-state index in [1.54, 1.807) is 18.9 Å². The van der Waals surface area contributed by atoms with Gasteiger partial charge in [-0.15, -0.1) is 11.3 Å². The molecule has 0 unspecified atom stereocenters. The number of halogens is 1. The summed E-state index contributed by atoms with van der Waals surface area (Å²) in [4.78, 5) is 55.3. The van der Waals surface area contributed by atoms with E-state index in [1.807, 2.05) is 55.6 Å². The molecule has 0 spiro atoms. The van der Waals surface area contributed by atoms with E-state index in [4.69, 9.17) is 19.4 Å². The van der Waals surface area contributed by atoms with E-state index >= 15 is 4.79 Å². The molecule has 12 nitrogen and oxygen atoms in total. The summed E-state index contributed by atoms with van der Waals surface area (Å²) in [7, 11) is -2.39. The number of aryl methyl sites for hydroxylation is 2. The first-order chi connectivity index (χ1) is 29.5. The molecule has 330 valence electrons. The van der Waals surface area contributed by atoms with Crippen LogP contribution in [0.2, 0.25) is 0 Å². The maximum atomic E-state index is 15.0. The van der Waals surface area contributed by atoms with Gasteiger partial charge in [0.2, 0.25) is 21.8 Å². The minimum absolute atomic E-state index is 0.0634. The van der Waals surface area contributed by atoms with Gasteiger partial charge in [-0.2, -0.15) is 0 Å². The van der Waals surface area contributed by atoms with Gasteiger partial charge in [0.05, 0.1) is 29.6 Å². The number of amides is 3. The number of fused-ring (bicyclic) bond motifs is 3. The molecule has 4 heterocycles. The van der Waals surface area contributed by atoms with Gasteiger partial charge < -0.3 is 19.7 Å². The van der Waals surface area contributed by atoms with Gasteiger partial charge in [-0.3, -0.25) is 19.1 Å². The van der Waals surface area contributed by atoms with Crippen molar-refractivity contribution in [2.45, 2.75) is 127 Å². The fourth-order valence-electron chi connectivity index (χ4n) is 8.95. The Morgan fingerprint density at radius 1 is 1.08 bits per heavy atom. The van der Waals surface area contributed by atoms with Crippen molar-refractivity contribution in [3.63, 3.8) is 0 Å². The van der Waals surface area contributed by atoms with Gasteiger partial charge in [-0.05, 0) is 107 Å². The molecule has 2 N–H and O–H groups in total. The van der Waals surface area contributed by atoms with E-state index in [2.05, 4.69) is 23.9 Å². The molecule has 62 heavy (non-hydrogen) atoms. The van der Waals surface area contributed by atoms with Crippen LogP contribution in [0.3, 0.4) is 0 Å². The van der Waals surface area contributed by atoms with Gasteiger partial charge in [0, 0.05) is 40.7 Å². The molecular formula is C47H56FN5O7S2. The van der Waals surface area contributed by atoms with Crippen LogP contribution in [0.4, 0.5) is 4.39 Å². The molecule has 0 bridgehead atoms. The molecule has 2 aliphatic carbocycles. The Morgan fingerprint density at radius 2 is 1.87 bits per heavy atom. The number of hydrogen-bond acceptors (Lipinski definition) is 10. The lowest BCUT2D eigenvalue weighted by Crippen LogP contribution is -2.57. The van der Waals surface area contributed by atoms with Crippen LogP contribution < -0.4 is 19.5 Å². The molecule has 2 aromatic heterocycles. The van der Waals surface area contributed by atoms with Crippen LogP contribution in [0.25, 0.3) is 21.6 Å². The first kappa shape index (κ1) is 43.7. The van der Waals surface area contributed by atoms with Crippen molar-refractivity contribution >= 4 is 50.0 Å². The molecule has 5 atom stereocenters. The maximum Gasteiger partial charge on any atom is 0.259 e. The number of hydrogen-bond donors (Lipinski definition) is 2. The molecule has 2 aromatic carbocycles. The molecule has 2 aliphatic heterocycles. The third kappa shape index (κ3) is 8.71. The van der Waals surface area contributed by atoms with Crippen LogP contribution in [-0.4, -0.2) is 77.1 Å². The third-order valence-electron chi connectivity index (χ3n) is 13.2. The normalized spacial score (nSPS) is 25.6. The lowest BCUT2D eigenvalue weighted by atomic mass is 9.91. The minimum Gasteiger partial charge on any atom is -0.496 e. The Morgan fingerprint density at radius 3 is 2.58 bits per heavy atom. The zero-order valence-electron chi connectivity index (χ0n) is 36.3. The number of benzene rings is 2. The molecule has 4 aromatic rings. The Balaban J connectivity index is 1.16. The number of nitrogens with one attached hydrogen (secondary N) is 2. The molecular weight excluding hydrogens is 830 g/mol. The number of allylic oxidation sites excluding steroid dienone is 1. The lowest BCUT2D eigenvalue weighted by molar-refractivity contribution is -0.142. The van der Waals surface area contributed by atoms with E-state index < -0.39 is 56.1 Å². The van der Waals surface area contributed by atoms with Crippen LogP contribution in [0, 0.1) is 31.5 Å². The average Bonchev–Trinajstić information content (AvgIpc) is 3.99. The van der Waals surface area contributed by atoms with Crippen molar-refractivity contribution in [1.29, 1.82) is 0 Å². The fourth-order valence-corrected chi connectivity index (χ4v) is 11.2. The highest BCUT2D eigenvalue weighted by atomic mass is 32.2. The van der Waals surface area contributed by atoms with Crippen LogP contribution >= 0.6 is 11.3 Å². The molecule has 3 fully saturated rings. The van der Waals surface area contributed by atoms with Crippen molar-refractivity contribution in [2.24, 2.45) is 11.8 Å². The number of nitrogens with zero attached hydrogens (tertiary/aromatic N) is 3. The summed E-state index contributed by atoms with van der Waals surface area (Å²) in [5.74, 6) is -1.58. The van der Waals surface area contributed by atoms with Gasteiger partial charge in [0.25, 0.3) is 5.91 Å². The van der Waals surface area contributed by atoms with Gasteiger partial charge in [0.15, 0.2) is 0 Å². The van der Waals surface area contributed by atoms with Crippen molar-refractivity contribution < 1.29 is 36.7 Å². The van der Waals surface area contributed by atoms with Gasteiger partial charge in [0.1, 0.15) is 45.7 Å². The quantitative estimate of drug-likeness (QED) is 0.152. The van der Waals surface area contributed by atoms with Crippen molar-refractivity contribution in [2.75, 3.05) is 13.7 Å². The summed E-state index contributed by atoms with van der Waals surface area (Å²) in [5.41, 5.74) is 2.98. The van der Waals surface area contributed by atoms with Crippen molar-refractivity contribution in [3.8, 4) is 22.2 Å². The first-order valence-electron chi connectivity index (χ1n) is 21.7. The molecule has 3 amide bonds. The van der Waals surface area contributed by atoms with Crippen molar-refractivity contribution in [1.82, 2.24) is 24.9 Å². The highest BCUT2D eigenvalue weighted by Crippen LogP contribution is 2.48. The molecule has 4 aliphatic rings. The second kappa shape index (κ2) is 17.0. The summed E-state index contributed by atoms with van der Waals surface area (Å²) in [6.45, 7) is 9.59. The fraction of sp³-hybridized carbons (Fsp3) is 0.511. The Hall–Kier alpha value is -4.89. The topological polar surface area (TPSA) is 157 Å². The zero-order valence-corrected chi connectivity index (χ0v) is 37.9. The molecule has 15 heteroatoms. The maximum absolute atomic E-state index is 15.0. The van der Waals surface area contributed by atoms with Gasteiger partial charge in [-0.25, -0.2) is 22.8 Å². The number of ether oxygens (including phenoxy) is 2. The summed E-state index contributed by atoms with van der Waals surface area (Å²) in [6.07, 6.45) is 8.42. The van der Waals surface area contributed by atoms with E-state index in [1.165, 1.54) is 23.5 Å². The molecule has 0 radical (unpaired) electrons. The van der Waals surface area contributed by atoms with Gasteiger partial charge >= 0.3 is 0 Å². The van der Waals surface area contributed by atoms with E-state index in [0.29, 0.717) is 47.5 Å². The summed E-state index contributed by atoms with van der Waals surface area (Å²) >= 11 is 1.49. The summed E-state index contributed by atoms with van der Waals surface area (Å²) in [6, 6.07) is 9.34. The van der Waals surface area contributed by atoms with Crippen LogP contribution in [0.1, 0.15) is 107 Å². The summed E-state index contributed by atoms with van der Waals surface area (Å²) in [5, 5.41) is 6.45. The number of aromatic nitrogens is 2. The highest BCUT2D eigenvalue weighted by molar-refractivity contribution is 7.91. The lowest BCUT2D eigenvalue weighted by Gasteiger charge is -2.30. The van der Waals surface area contributed by atoms with Crippen LogP contribution in [-0.2, 0) is 30.8 Å². The second-order valence-electron chi connectivity index (χ2n) is 18.3. The minimum atomic E-state index is -4.00. The summed E-state index contributed by atoms with van der Waals surface area (Å²) < 4.78 is 55.1. The number of pyridine rings is 1. The third-order valence-corrected chi connectivity index (χ3v) is 16.2. The number of carbonyl (C=O) groups is 3. The van der Waals surface area contributed by atoms with Crippen LogP contribution in [0.5, 0.6) is 11.5 Å². The number of rotatable bonds is 10. The number of sulfonamides is 1. The predicted octanol–water partition coefficient (Wildman–Crippen LogP) is 7.85. The Kier molecular flexibility index (Phi) is 12.0. The SMILES string of the molecule is COc1ccc2c(O[C@@H]3C[C@H]4C(=O)N[C@]5(C(=O)NS(=O)(=O)C6(C)CC6)C[C@H]5/C=C\CCCCC[C@H](Cc5cc(C)cc(F)c5)C(=O)N4C3)cc(-c3nc(C(C)C)cs3)nc2c1C. The average molecular weight is 886 g/mol. The molecule has 1 saturated heterocycles. The molecule has 2 saturated carbocycles. The predicted molar refractivity (Wildman–Crippen MR) is 237 cm³/mol. The molecule has 8 rings (SSSR count). The second-order valence-corrected chi connectivity index (χ2v) is 21.3. The van der Waals surface area contributed by atoms with Crippen LogP contribution in [0.15, 0.2) is 53.9 Å². The number of carbonyl (C=O) groups excluding carboxylic acids is 3.